The minimum absolute atomic E-state index is 0.0171. The molecule has 0 atom stereocenters. The van der Waals surface area contributed by atoms with Crippen LogP contribution in [-0.4, -0.2) is 40.5 Å². The van der Waals surface area contributed by atoms with E-state index in [-0.39, 0.29) is 23.1 Å². The average Bonchev–Trinajstić information content (AvgIpc) is 2.88. The third kappa shape index (κ3) is 4.42. The van der Waals surface area contributed by atoms with E-state index < -0.39 is 12.0 Å². The number of anilines is 1. The van der Waals surface area contributed by atoms with Gasteiger partial charge in [0.15, 0.2) is 5.56 Å². The smallest absolute Gasteiger partial charge is 0.344 e. The molecule has 0 aliphatic rings. The topological polar surface area (TPSA) is 91.8 Å². The molecular weight excluding hydrogens is 386 g/mol. The normalized spacial score (nSPS) is 10.2. The van der Waals surface area contributed by atoms with Crippen molar-refractivity contribution in [3.8, 4) is 5.88 Å². The first kappa shape index (κ1) is 17.2. The van der Waals surface area contributed by atoms with Gasteiger partial charge >= 0.3 is 12.0 Å². The molecule has 0 radical (unpaired) electrons. The Kier molecular flexibility index (Phi) is 5.56. The van der Waals surface area contributed by atoms with Crippen LogP contribution in [-0.2, 0) is 6.61 Å². The van der Waals surface area contributed by atoms with Crippen molar-refractivity contribution in [1.29, 1.82) is 0 Å². The number of aromatic carboxylic acids is 1. The highest BCUT2D eigenvalue weighted by molar-refractivity contribution is 9.10. The molecule has 0 bridgehead atoms. The summed E-state index contributed by atoms with van der Waals surface area (Å²) in [6.45, 7) is 0.171. The number of urea groups is 1. The lowest BCUT2D eigenvalue weighted by molar-refractivity contribution is 0.0693. The fourth-order valence-electron chi connectivity index (χ4n) is 1.64. The molecule has 2 rings (SSSR count). The van der Waals surface area contributed by atoms with Gasteiger partial charge in [-0.05, 0) is 29.2 Å². The molecule has 2 N–H and O–H groups in total. The van der Waals surface area contributed by atoms with Crippen LogP contribution in [0, 0.1) is 0 Å². The summed E-state index contributed by atoms with van der Waals surface area (Å²) in [6, 6.07) is 7.01. The molecule has 23 heavy (non-hydrogen) atoms. The quantitative estimate of drug-likeness (QED) is 0.804. The minimum atomic E-state index is -1.21. The second-order valence-corrected chi connectivity index (χ2v) is 6.43. The van der Waals surface area contributed by atoms with Crippen LogP contribution in [0.2, 0.25) is 0 Å². The first-order valence-electron chi connectivity index (χ1n) is 6.47. The van der Waals surface area contributed by atoms with Gasteiger partial charge < -0.3 is 14.7 Å². The number of aromatic nitrogens is 1. The molecule has 7 nitrogen and oxygen atoms in total. The number of amides is 2. The highest BCUT2D eigenvalue weighted by atomic mass is 79.9. The van der Waals surface area contributed by atoms with Gasteiger partial charge in [0, 0.05) is 18.6 Å². The summed E-state index contributed by atoms with van der Waals surface area (Å²) in [5, 5.41) is 12.0. The lowest BCUT2D eigenvalue weighted by Crippen LogP contribution is -2.27. The van der Waals surface area contributed by atoms with E-state index in [4.69, 9.17) is 4.74 Å². The van der Waals surface area contributed by atoms with Crippen LogP contribution >= 0.6 is 27.5 Å². The van der Waals surface area contributed by atoms with Crippen LogP contribution in [0.1, 0.15) is 15.9 Å². The van der Waals surface area contributed by atoms with Crippen molar-refractivity contribution in [3.63, 3.8) is 0 Å². The van der Waals surface area contributed by atoms with E-state index in [1.54, 1.807) is 14.1 Å². The third-order valence-electron chi connectivity index (χ3n) is 2.77. The van der Waals surface area contributed by atoms with Crippen molar-refractivity contribution in [2.45, 2.75) is 6.61 Å². The number of halogens is 1. The zero-order chi connectivity index (χ0) is 17.0. The number of hydrogen-bond donors (Lipinski definition) is 2. The maximum absolute atomic E-state index is 11.7. The zero-order valence-corrected chi connectivity index (χ0v) is 14.8. The average molecular weight is 400 g/mol. The summed E-state index contributed by atoms with van der Waals surface area (Å²) >= 11 is 4.22. The Morgan fingerprint density at radius 3 is 2.78 bits per heavy atom. The molecule has 0 aliphatic heterocycles. The fourth-order valence-corrected chi connectivity index (χ4v) is 2.80. The second kappa shape index (κ2) is 7.42. The van der Waals surface area contributed by atoms with Crippen LogP contribution in [0.3, 0.4) is 0 Å². The number of carboxylic acid groups (broad SMARTS) is 1. The fraction of sp³-hybridized carbons (Fsp3) is 0.214. The van der Waals surface area contributed by atoms with E-state index in [0.29, 0.717) is 0 Å². The van der Waals surface area contributed by atoms with Crippen molar-refractivity contribution in [2.24, 2.45) is 0 Å². The number of benzene rings is 1. The second-order valence-electron chi connectivity index (χ2n) is 4.74. The summed E-state index contributed by atoms with van der Waals surface area (Å²) in [7, 11) is 3.11. The third-order valence-corrected chi connectivity index (χ3v) is 4.00. The number of nitrogens with one attached hydrogen (secondary N) is 1. The number of carbonyl (C=O) groups is 2. The number of carbonyl (C=O) groups excluding carboxylic acids is 1. The van der Waals surface area contributed by atoms with E-state index >= 15 is 0 Å². The molecule has 0 fully saturated rings. The monoisotopic (exact) mass is 399 g/mol. The van der Waals surface area contributed by atoms with Crippen LogP contribution in [0.4, 0.5) is 9.80 Å². The maximum Gasteiger partial charge on any atom is 0.344 e. The number of nitrogens with zero attached hydrogens (tertiary/aromatic N) is 2. The van der Waals surface area contributed by atoms with E-state index in [1.807, 2.05) is 24.3 Å². The highest BCUT2D eigenvalue weighted by Gasteiger charge is 2.23. The summed E-state index contributed by atoms with van der Waals surface area (Å²) in [6.07, 6.45) is 0. The van der Waals surface area contributed by atoms with E-state index in [2.05, 4.69) is 25.6 Å². The summed E-state index contributed by atoms with van der Waals surface area (Å²) in [4.78, 5) is 24.4. The predicted molar refractivity (Wildman–Crippen MR) is 90.3 cm³/mol. The number of rotatable bonds is 5. The Labute approximate surface area is 145 Å². The first-order valence-corrected chi connectivity index (χ1v) is 8.03. The van der Waals surface area contributed by atoms with Gasteiger partial charge in [0.2, 0.25) is 5.88 Å². The molecule has 9 heteroatoms. The van der Waals surface area contributed by atoms with Crippen LogP contribution in [0.15, 0.2) is 28.7 Å². The van der Waals surface area contributed by atoms with E-state index in [1.165, 1.54) is 4.90 Å². The minimum Gasteiger partial charge on any atom is -0.477 e. The lowest BCUT2D eigenvalue weighted by atomic mass is 10.2. The van der Waals surface area contributed by atoms with Gasteiger partial charge in [0.1, 0.15) is 11.6 Å². The summed E-state index contributed by atoms with van der Waals surface area (Å²) < 4.78 is 10.4. The van der Waals surface area contributed by atoms with Gasteiger partial charge in [-0.3, -0.25) is 5.32 Å². The predicted octanol–water partition coefficient (Wildman–Crippen LogP) is 3.28. The molecule has 1 aromatic heterocycles. The van der Waals surface area contributed by atoms with Gasteiger partial charge in [-0.15, -0.1) is 0 Å². The Morgan fingerprint density at radius 1 is 1.43 bits per heavy atom. The Balaban J connectivity index is 2.17. The Morgan fingerprint density at radius 2 is 2.17 bits per heavy atom. The maximum atomic E-state index is 11.7. The Bertz CT molecular complexity index is 733. The highest BCUT2D eigenvalue weighted by Crippen LogP contribution is 2.31. The Hall–Kier alpha value is -2.13. The molecule has 0 unspecified atom stereocenters. The summed E-state index contributed by atoms with van der Waals surface area (Å²) in [5.74, 6) is -1.23. The molecular formula is C14H14BrN3O4S. The number of ether oxygens (including phenoxy) is 1. The van der Waals surface area contributed by atoms with Gasteiger partial charge in [-0.25, -0.2) is 9.59 Å². The zero-order valence-electron chi connectivity index (χ0n) is 12.4. The molecule has 0 saturated heterocycles. The van der Waals surface area contributed by atoms with Gasteiger partial charge in [-0.1, -0.05) is 28.1 Å². The number of carboxylic acids is 1. The standard InChI is InChI=1S/C14H14BrN3O4S/c1-18(2)14(21)16-12-10(13(19)20)11(17-23-12)22-7-8-4-3-5-9(15)6-8/h3-6H,7H2,1-2H3,(H,16,21)(H,19,20). The van der Waals surface area contributed by atoms with Crippen molar-refractivity contribution in [3.05, 3.63) is 39.9 Å². The summed E-state index contributed by atoms with van der Waals surface area (Å²) in [5.41, 5.74) is 0.711. The lowest BCUT2D eigenvalue weighted by Gasteiger charge is -2.11. The molecule has 1 aromatic carbocycles. The van der Waals surface area contributed by atoms with Crippen LogP contribution < -0.4 is 10.1 Å². The molecule has 122 valence electrons. The van der Waals surface area contributed by atoms with Crippen LogP contribution in [0.25, 0.3) is 0 Å². The van der Waals surface area contributed by atoms with Gasteiger partial charge in [0.05, 0.1) is 0 Å². The van der Waals surface area contributed by atoms with Crippen molar-refractivity contribution in [2.75, 3.05) is 19.4 Å². The van der Waals surface area contributed by atoms with E-state index in [9.17, 15) is 14.7 Å². The first-order chi connectivity index (χ1) is 10.9. The molecule has 2 aromatic rings. The number of hydrogen-bond acceptors (Lipinski definition) is 5. The molecule has 0 aliphatic carbocycles. The largest absolute Gasteiger partial charge is 0.477 e. The molecule has 0 spiro atoms. The van der Waals surface area contributed by atoms with Gasteiger partial charge in [0.25, 0.3) is 0 Å². The molecule has 1 heterocycles. The van der Waals surface area contributed by atoms with Gasteiger partial charge in [-0.2, -0.15) is 4.37 Å². The van der Waals surface area contributed by atoms with Crippen LogP contribution in [0.5, 0.6) is 5.88 Å². The SMILES string of the molecule is CN(C)C(=O)Nc1snc(OCc2cccc(Br)c2)c1C(=O)O. The van der Waals surface area contributed by atoms with Crippen molar-refractivity contribution < 1.29 is 19.4 Å². The molecule has 2 amide bonds. The van der Waals surface area contributed by atoms with Crippen molar-refractivity contribution in [1.82, 2.24) is 9.27 Å². The van der Waals surface area contributed by atoms with E-state index in [0.717, 1.165) is 21.6 Å². The van der Waals surface area contributed by atoms with Crippen molar-refractivity contribution >= 4 is 44.5 Å². The molecule has 0 saturated carbocycles.